The summed E-state index contributed by atoms with van der Waals surface area (Å²) in [5.41, 5.74) is 1.39. The van der Waals surface area contributed by atoms with Crippen LogP contribution < -0.4 is 5.32 Å². The second kappa shape index (κ2) is 6.85. The molecule has 0 aliphatic rings. The predicted octanol–water partition coefficient (Wildman–Crippen LogP) is 4.37. The lowest BCUT2D eigenvalue weighted by Crippen LogP contribution is -2.16. The van der Waals surface area contributed by atoms with Crippen LogP contribution in [0.4, 0.5) is 0 Å². The van der Waals surface area contributed by atoms with Crippen LogP contribution in [-0.2, 0) is 13.1 Å². The molecule has 0 saturated heterocycles. The standard InChI is InChI=1S/C21H21N3/c1-3-8-19-17(6-1)14-18-7-2-4-9-20(18)21(19)15-22-10-5-12-24-13-11-23-16-24/h1-4,6-9,11,13-14,16,22H,5,10,12,15H2. The van der Waals surface area contributed by atoms with Crippen LogP contribution in [0.3, 0.4) is 0 Å². The van der Waals surface area contributed by atoms with Crippen molar-refractivity contribution in [3.8, 4) is 0 Å². The Balaban J connectivity index is 1.53. The molecule has 0 radical (unpaired) electrons. The van der Waals surface area contributed by atoms with E-state index in [2.05, 4.69) is 69.5 Å². The van der Waals surface area contributed by atoms with Crippen molar-refractivity contribution in [2.75, 3.05) is 6.54 Å². The highest BCUT2D eigenvalue weighted by Gasteiger charge is 2.06. The third kappa shape index (κ3) is 3.03. The maximum atomic E-state index is 4.08. The van der Waals surface area contributed by atoms with Gasteiger partial charge in [-0.05, 0) is 46.1 Å². The molecule has 0 aliphatic heterocycles. The van der Waals surface area contributed by atoms with Gasteiger partial charge in [0.15, 0.2) is 0 Å². The molecule has 0 bridgehead atoms. The fraction of sp³-hybridized carbons (Fsp3) is 0.190. The van der Waals surface area contributed by atoms with E-state index in [0.29, 0.717) is 0 Å². The van der Waals surface area contributed by atoms with Crippen LogP contribution in [-0.4, -0.2) is 16.1 Å². The van der Waals surface area contributed by atoms with Gasteiger partial charge in [0.25, 0.3) is 0 Å². The Morgan fingerprint density at radius 3 is 2.29 bits per heavy atom. The molecular weight excluding hydrogens is 294 g/mol. The van der Waals surface area contributed by atoms with Crippen LogP contribution in [0.25, 0.3) is 21.5 Å². The Labute approximate surface area is 142 Å². The van der Waals surface area contributed by atoms with E-state index in [1.54, 1.807) is 0 Å². The zero-order valence-corrected chi connectivity index (χ0v) is 13.7. The summed E-state index contributed by atoms with van der Waals surface area (Å²) in [6.45, 7) is 2.89. The van der Waals surface area contributed by atoms with Gasteiger partial charge in [0.05, 0.1) is 6.33 Å². The SMILES string of the molecule is c1ccc2c(CNCCCn3ccnc3)c3ccccc3cc2c1. The normalized spacial score (nSPS) is 11.3. The zero-order valence-electron chi connectivity index (χ0n) is 13.7. The molecule has 0 amide bonds. The molecule has 3 nitrogen and oxygen atoms in total. The van der Waals surface area contributed by atoms with Gasteiger partial charge < -0.3 is 9.88 Å². The minimum atomic E-state index is 0.895. The van der Waals surface area contributed by atoms with Crippen molar-refractivity contribution >= 4 is 21.5 Å². The maximum absolute atomic E-state index is 4.08. The molecule has 120 valence electrons. The van der Waals surface area contributed by atoms with E-state index in [0.717, 1.165) is 26.1 Å². The lowest BCUT2D eigenvalue weighted by atomic mass is 9.97. The van der Waals surface area contributed by atoms with Crippen molar-refractivity contribution in [2.24, 2.45) is 0 Å². The Morgan fingerprint density at radius 2 is 1.62 bits per heavy atom. The van der Waals surface area contributed by atoms with E-state index in [-0.39, 0.29) is 0 Å². The number of benzene rings is 3. The average Bonchev–Trinajstić information content (AvgIpc) is 3.14. The maximum Gasteiger partial charge on any atom is 0.0945 e. The summed E-state index contributed by atoms with van der Waals surface area (Å²) < 4.78 is 2.12. The summed E-state index contributed by atoms with van der Waals surface area (Å²) in [6, 6.07) is 19.6. The summed E-state index contributed by atoms with van der Waals surface area (Å²) in [6.07, 6.45) is 6.81. The second-order valence-electron chi connectivity index (χ2n) is 6.13. The minimum absolute atomic E-state index is 0.895. The Morgan fingerprint density at radius 1 is 0.917 bits per heavy atom. The second-order valence-corrected chi connectivity index (χ2v) is 6.13. The molecule has 4 rings (SSSR count). The topological polar surface area (TPSA) is 29.9 Å². The van der Waals surface area contributed by atoms with Crippen molar-refractivity contribution in [1.29, 1.82) is 0 Å². The number of aromatic nitrogens is 2. The molecule has 0 atom stereocenters. The summed E-state index contributed by atoms with van der Waals surface area (Å²) in [5.74, 6) is 0. The van der Waals surface area contributed by atoms with E-state index >= 15 is 0 Å². The lowest BCUT2D eigenvalue weighted by molar-refractivity contribution is 0.582. The van der Waals surface area contributed by atoms with E-state index in [9.17, 15) is 0 Å². The lowest BCUT2D eigenvalue weighted by Gasteiger charge is -2.12. The molecular formula is C21H21N3. The molecule has 1 aromatic heterocycles. The van der Waals surface area contributed by atoms with E-state index in [1.807, 2.05) is 18.7 Å². The first-order chi connectivity index (χ1) is 11.9. The molecule has 1 heterocycles. The minimum Gasteiger partial charge on any atom is -0.337 e. The van der Waals surface area contributed by atoms with Gasteiger partial charge in [-0.15, -0.1) is 0 Å². The number of nitrogens with one attached hydrogen (secondary N) is 1. The quantitative estimate of drug-likeness (QED) is 0.423. The molecule has 3 heteroatoms. The summed E-state index contributed by atoms with van der Waals surface area (Å²) in [7, 11) is 0. The number of aryl methyl sites for hydroxylation is 1. The number of rotatable bonds is 6. The van der Waals surface area contributed by atoms with Gasteiger partial charge in [-0.2, -0.15) is 0 Å². The molecule has 0 spiro atoms. The molecule has 1 N–H and O–H groups in total. The van der Waals surface area contributed by atoms with Gasteiger partial charge in [0.1, 0.15) is 0 Å². The smallest absolute Gasteiger partial charge is 0.0945 e. The van der Waals surface area contributed by atoms with Crippen molar-refractivity contribution in [3.63, 3.8) is 0 Å². The van der Waals surface area contributed by atoms with Gasteiger partial charge in [-0.3, -0.25) is 0 Å². The van der Waals surface area contributed by atoms with Crippen LogP contribution in [0.2, 0.25) is 0 Å². The Kier molecular flexibility index (Phi) is 4.26. The van der Waals surface area contributed by atoms with Crippen LogP contribution in [0.5, 0.6) is 0 Å². The van der Waals surface area contributed by atoms with Crippen LogP contribution in [0.15, 0.2) is 73.3 Å². The number of hydrogen-bond acceptors (Lipinski definition) is 2. The highest BCUT2D eigenvalue weighted by molar-refractivity contribution is 6.02. The van der Waals surface area contributed by atoms with Gasteiger partial charge in [-0.25, -0.2) is 4.98 Å². The summed E-state index contributed by atoms with van der Waals surface area (Å²) in [4.78, 5) is 4.08. The Hall–Kier alpha value is -2.65. The summed E-state index contributed by atoms with van der Waals surface area (Å²) >= 11 is 0. The highest BCUT2D eigenvalue weighted by Crippen LogP contribution is 2.28. The average molecular weight is 315 g/mol. The molecule has 3 aromatic carbocycles. The fourth-order valence-corrected chi connectivity index (χ4v) is 3.32. The Bertz CT molecular complexity index is 888. The van der Waals surface area contributed by atoms with Gasteiger partial charge in [0, 0.05) is 25.5 Å². The largest absolute Gasteiger partial charge is 0.337 e. The number of hydrogen-bond donors (Lipinski definition) is 1. The predicted molar refractivity (Wildman–Crippen MR) is 100 cm³/mol. The van der Waals surface area contributed by atoms with Gasteiger partial charge in [-0.1, -0.05) is 48.5 Å². The molecule has 4 aromatic rings. The first kappa shape index (κ1) is 14.9. The van der Waals surface area contributed by atoms with Crippen LogP contribution >= 0.6 is 0 Å². The monoisotopic (exact) mass is 315 g/mol. The third-order valence-electron chi connectivity index (χ3n) is 4.51. The van der Waals surface area contributed by atoms with E-state index in [4.69, 9.17) is 0 Å². The fourth-order valence-electron chi connectivity index (χ4n) is 3.32. The third-order valence-corrected chi connectivity index (χ3v) is 4.51. The molecule has 0 saturated carbocycles. The van der Waals surface area contributed by atoms with Crippen molar-refractivity contribution < 1.29 is 0 Å². The van der Waals surface area contributed by atoms with Crippen molar-refractivity contribution in [3.05, 3.63) is 78.9 Å². The molecule has 0 unspecified atom stereocenters. The first-order valence-electron chi connectivity index (χ1n) is 8.48. The highest BCUT2D eigenvalue weighted by atomic mass is 15.0. The first-order valence-corrected chi connectivity index (χ1v) is 8.48. The van der Waals surface area contributed by atoms with Crippen molar-refractivity contribution in [2.45, 2.75) is 19.5 Å². The zero-order chi connectivity index (χ0) is 16.2. The van der Waals surface area contributed by atoms with Gasteiger partial charge in [0.2, 0.25) is 0 Å². The van der Waals surface area contributed by atoms with Crippen LogP contribution in [0, 0.1) is 0 Å². The molecule has 24 heavy (non-hydrogen) atoms. The van der Waals surface area contributed by atoms with E-state index in [1.165, 1.54) is 27.1 Å². The summed E-state index contributed by atoms with van der Waals surface area (Å²) in [5, 5.41) is 8.93. The number of fused-ring (bicyclic) bond motifs is 2. The molecule has 0 fully saturated rings. The number of nitrogens with zero attached hydrogens (tertiary/aromatic N) is 2. The molecule has 0 aliphatic carbocycles. The van der Waals surface area contributed by atoms with Crippen LogP contribution in [0.1, 0.15) is 12.0 Å². The van der Waals surface area contributed by atoms with E-state index < -0.39 is 0 Å². The van der Waals surface area contributed by atoms with Gasteiger partial charge >= 0.3 is 0 Å². The van der Waals surface area contributed by atoms with Crippen molar-refractivity contribution in [1.82, 2.24) is 14.9 Å². The number of imidazole rings is 1.